The van der Waals surface area contributed by atoms with Gasteiger partial charge in [-0.25, -0.2) is 4.98 Å². The number of hydrogen-bond acceptors (Lipinski definition) is 3. The van der Waals surface area contributed by atoms with Gasteiger partial charge >= 0.3 is 5.97 Å². The lowest BCUT2D eigenvalue weighted by atomic mass is 10.1. The van der Waals surface area contributed by atoms with E-state index >= 15 is 0 Å². The quantitative estimate of drug-likeness (QED) is 0.873. The van der Waals surface area contributed by atoms with Gasteiger partial charge in [-0.1, -0.05) is 12.1 Å². The summed E-state index contributed by atoms with van der Waals surface area (Å²) in [6.07, 6.45) is 5.27. The molecule has 1 aromatic heterocycles. The maximum absolute atomic E-state index is 12.1. The molecule has 1 N–H and O–H groups in total. The van der Waals surface area contributed by atoms with Gasteiger partial charge in [-0.15, -0.1) is 0 Å². The predicted octanol–water partition coefficient (Wildman–Crippen LogP) is 1.48. The first kappa shape index (κ1) is 14.8. The molecule has 0 aliphatic carbocycles. The first-order chi connectivity index (χ1) is 10.1. The monoisotopic (exact) mass is 287 g/mol. The van der Waals surface area contributed by atoms with Crippen molar-refractivity contribution < 1.29 is 14.7 Å². The standard InChI is InChI=1S/C15H17N3O3/c1-17(8-6-14(19)20)15(21)13-4-2-12(3-5-13)10-18-9-7-16-11-18/h2-5,7,9,11H,6,8,10H2,1H3,(H,19,20). The molecule has 0 radical (unpaired) electrons. The molecule has 0 aliphatic heterocycles. The van der Waals surface area contributed by atoms with E-state index in [-0.39, 0.29) is 18.9 Å². The van der Waals surface area contributed by atoms with Crippen LogP contribution in [0.2, 0.25) is 0 Å². The highest BCUT2D eigenvalue weighted by molar-refractivity contribution is 5.94. The number of aromatic nitrogens is 2. The summed E-state index contributed by atoms with van der Waals surface area (Å²) in [5.74, 6) is -1.09. The van der Waals surface area contributed by atoms with E-state index in [0.29, 0.717) is 12.1 Å². The van der Waals surface area contributed by atoms with Crippen LogP contribution in [-0.4, -0.2) is 45.0 Å². The summed E-state index contributed by atoms with van der Waals surface area (Å²) in [6.45, 7) is 0.897. The van der Waals surface area contributed by atoms with Crippen molar-refractivity contribution in [1.82, 2.24) is 14.5 Å². The number of carbonyl (C=O) groups is 2. The Labute approximate surface area is 122 Å². The zero-order chi connectivity index (χ0) is 15.2. The average Bonchev–Trinajstić information content (AvgIpc) is 2.97. The molecule has 0 unspecified atom stereocenters. The van der Waals surface area contributed by atoms with Crippen LogP contribution >= 0.6 is 0 Å². The molecule has 6 heteroatoms. The first-order valence-corrected chi connectivity index (χ1v) is 6.58. The third-order valence-corrected chi connectivity index (χ3v) is 3.13. The zero-order valence-corrected chi connectivity index (χ0v) is 11.8. The van der Waals surface area contributed by atoms with Crippen molar-refractivity contribution in [3.63, 3.8) is 0 Å². The second-order valence-corrected chi connectivity index (χ2v) is 4.80. The summed E-state index contributed by atoms with van der Waals surface area (Å²) in [4.78, 5) is 28.0. The topological polar surface area (TPSA) is 75.4 Å². The van der Waals surface area contributed by atoms with Crippen LogP contribution in [0.25, 0.3) is 0 Å². The molecule has 0 spiro atoms. The lowest BCUT2D eigenvalue weighted by Crippen LogP contribution is -2.29. The number of carboxylic acid groups (broad SMARTS) is 1. The Bertz CT molecular complexity index is 606. The van der Waals surface area contributed by atoms with Gasteiger partial charge in [0.2, 0.25) is 0 Å². The predicted molar refractivity (Wildman–Crippen MR) is 77.0 cm³/mol. The summed E-state index contributed by atoms with van der Waals surface area (Å²) < 4.78 is 1.94. The molecule has 2 aromatic rings. The normalized spacial score (nSPS) is 10.3. The van der Waals surface area contributed by atoms with Crippen LogP contribution < -0.4 is 0 Å². The zero-order valence-electron chi connectivity index (χ0n) is 11.8. The minimum absolute atomic E-state index is 0.0546. The molecule has 0 fully saturated rings. The van der Waals surface area contributed by atoms with Gasteiger partial charge in [0.05, 0.1) is 12.7 Å². The Hall–Kier alpha value is -2.63. The van der Waals surface area contributed by atoms with Crippen molar-refractivity contribution in [3.8, 4) is 0 Å². The Balaban J connectivity index is 1.97. The largest absolute Gasteiger partial charge is 0.481 e. The maximum Gasteiger partial charge on any atom is 0.305 e. The van der Waals surface area contributed by atoms with Gasteiger partial charge in [-0.05, 0) is 17.7 Å². The molecule has 110 valence electrons. The lowest BCUT2D eigenvalue weighted by molar-refractivity contribution is -0.137. The molecule has 0 atom stereocenters. The van der Waals surface area contributed by atoms with E-state index in [0.717, 1.165) is 5.56 Å². The molecule has 0 aliphatic rings. The van der Waals surface area contributed by atoms with E-state index < -0.39 is 5.97 Å². The van der Waals surface area contributed by atoms with Gasteiger partial charge in [0, 0.05) is 38.1 Å². The summed E-state index contributed by atoms with van der Waals surface area (Å²) >= 11 is 0. The van der Waals surface area contributed by atoms with Gasteiger partial charge < -0.3 is 14.6 Å². The molecular formula is C15H17N3O3. The SMILES string of the molecule is CN(CCC(=O)O)C(=O)c1ccc(Cn2ccnc2)cc1. The van der Waals surface area contributed by atoms with Crippen LogP contribution in [0.1, 0.15) is 22.3 Å². The summed E-state index contributed by atoms with van der Waals surface area (Å²) in [5, 5.41) is 8.63. The number of imidazole rings is 1. The molecule has 21 heavy (non-hydrogen) atoms. The van der Waals surface area contributed by atoms with E-state index in [9.17, 15) is 9.59 Å². The number of hydrogen-bond donors (Lipinski definition) is 1. The number of rotatable bonds is 6. The Morgan fingerprint density at radius 1 is 1.29 bits per heavy atom. The minimum atomic E-state index is -0.912. The van der Waals surface area contributed by atoms with E-state index in [2.05, 4.69) is 4.98 Å². The van der Waals surface area contributed by atoms with E-state index in [1.54, 1.807) is 31.7 Å². The minimum Gasteiger partial charge on any atom is -0.481 e. The second-order valence-electron chi connectivity index (χ2n) is 4.80. The smallest absolute Gasteiger partial charge is 0.305 e. The molecule has 0 saturated heterocycles. The number of carbonyl (C=O) groups excluding carboxylic acids is 1. The van der Waals surface area contributed by atoms with Crippen LogP contribution in [0, 0.1) is 0 Å². The van der Waals surface area contributed by atoms with Crippen molar-refractivity contribution in [2.75, 3.05) is 13.6 Å². The summed E-state index contributed by atoms with van der Waals surface area (Å²) in [7, 11) is 1.60. The van der Waals surface area contributed by atoms with Crippen LogP contribution in [0.15, 0.2) is 43.0 Å². The molecule has 6 nitrogen and oxygen atoms in total. The lowest BCUT2D eigenvalue weighted by Gasteiger charge is -2.16. The number of aliphatic carboxylic acids is 1. The van der Waals surface area contributed by atoms with Crippen LogP contribution in [0.4, 0.5) is 0 Å². The number of nitrogens with zero attached hydrogens (tertiary/aromatic N) is 3. The van der Waals surface area contributed by atoms with E-state index in [1.165, 1.54) is 4.90 Å². The van der Waals surface area contributed by atoms with Crippen LogP contribution in [-0.2, 0) is 11.3 Å². The van der Waals surface area contributed by atoms with Gasteiger partial charge in [-0.3, -0.25) is 9.59 Å². The fourth-order valence-electron chi connectivity index (χ4n) is 1.93. The highest BCUT2D eigenvalue weighted by atomic mass is 16.4. The van der Waals surface area contributed by atoms with Crippen LogP contribution in [0.5, 0.6) is 0 Å². The highest BCUT2D eigenvalue weighted by Gasteiger charge is 2.12. The van der Waals surface area contributed by atoms with Gasteiger partial charge in [0.1, 0.15) is 0 Å². The van der Waals surface area contributed by atoms with Crippen molar-refractivity contribution >= 4 is 11.9 Å². The van der Waals surface area contributed by atoms with Gasteiger partial charge in [0.25, 0.3) is 5.91 Å². The average molecular weight is 287 g/mol. The fraction of sp³-hybridized carbons (Fsp3) is 0.267. The first-order valence-electron chi connectivity index (χ1n) is 6.58. The van der Waals surface area contributed by atoms with Gasteiger partial charge in [0.15, 0.2) is 0 Å². The van der Waals surface area contributed by atoms with E-state index in [4.69, 9.17) is 5.11 Å². The Morgan fingerprint density at radius 2 is 2.00 bits per heavy atom. The molecular weight excluding hydrogens is 270 g/mol. The molecule has 1 aromatic carbocycles. The van der Waals surface area contributed by atoms with Crippen molar-refractivity contribution in [2.24, 2.45) is 0 Å². The van der Waals surface area contributed by atoms with Gasteiger partial charge in [-0.2, -0.15) is 0 Å². The van der Waals surface area contributed by atoms with Crippen LogP contribution in [0.3, 0.4) is 0 Å². The molecule has 1 heterocycles. The number of carboxylic acids is 1. The third-order valence-electron chi connectivity index (χ3n) is 3.13. The Kier molecular flexibility index (Phi) is 4.71. The summed E-state index contributed by atoms with van der Waals surface area (Å²) in [5.41, 5.74) is 1.62. The molecule has 2 rings (SSSR count). The maximum atomic E-state index is 12.1. The summed E-state index contributed by atoms with van der Waals surface area (Å²) in [6, 6.07) is 7.29. The molecule has 0 saturated carbocycles. The van der Waals surface area contributed by atoms with E-state index in [1.807, 2.05) is 22.9 Å². The van der Waals surface area contributed by atoms with Crippen molar-refractivity contribution in [1.29, 1.82) is 0 Å². The number of benzene rings is 1. The third kappa shape index (κ3) is 4.17. The fourth-order valence-corrected chi connectivity index (χ4v) is 1.93. The second kappa shape index (κ2) is 6.69. The van der Waals surface area contributed by atoms with Crippen molar-refractivity contribution in [2.45, 2.75) is 13.0 Å². The molecule has 1 amide bonds. The highest BCUT2D eigenvalue weighted by Crippen LogP contribution is 2.09. The number of amides is 1. The Morgan fingerprint density at radius 3 is 2.57 bits per heavy atom. The molecule has 0 bridgehead atoms. The van der Waals surface area contributed by atoms with Crippen molar-refractivity contribution in [3.05, 3.63) is 54.1 Å².